The predicted octanol–water partition coefficient (Wildman–Crippen LogP) is 1.85. The fourth-order valence-electron chi connectivity index (χ4n) is 2.13. The third-order valence-electron chi connectivity index (χ3n) is 2.99. The number of aliphatic hydroxyl groups is 1. The van der Waals surface area contributed by atoms with Crippen molar-refractivity contribution >= 4 is 17.5 Å². The molecule has 21 heavy (non-hydrogen) atoms. The zero-order chi connectivity index (χ0) is 16.0. The molecule has 0 aliphatic carbocycles. The van der Waals surface area contributed by atoms with Crippen molar-refractivity contribution in [2.45, 2.75) is 39.7 Å². The summed E-state index contributed by atoms with van der Waals surface area (Å²) in [5, 5.41) is 15.1. The Labute approximate surface area is 125 Å². The van der Waals surface area contributed by atoms with Crippen molar-refractivity contribution in [3.8, 4) is 0 Å². The van der Waals surface area contributed by atoms with Gasteiger partial charge in [0.05, 0.1) is 5.60 Å². The molecule has 0 aliphatic rings. The van der Waals surface area contributed by atoms with E-state index < -0.39 is 17.4 Å². The first-order chi connectivity index (χ1) is 9.69. The van der Waals surface area contributed by atoms with Crippen molar-refractivity contribution in [2.75, 3.05) is 11.9 Å². The van der Waals surface area contributed by atoms with Crippen LogP contribution in [0.3, 0.4) is 0 Å². The summed E-state index contributed by atoms with van der Waals surface area (Å²) in [5.74, 6) is -1.18. The molecule has 0 radical (unpaired) electrons. The maximum absolute atomic E-state index is 11.7. The van der Waals surface area contributed by atoms with Gasteiger partial charge in [-0.25, -0.2) is 0 Å². The standard InChI is InChI=1S/C16H24N2O3/c1-11(2)9-16(4,21)10-17-14(19)15(20)18-13-7-5-12(3)6-8-13/h5-8,11,21H,9-10H2,1-4H3,(H,17,19)(H,18,20). The van der Waals surface area contributed by atoms with Crippen molar-refractivity contribution in [1.29, 1.82) is 0 Å². The molecule has 5 heteroatoms. The van der Waals surface area contributed by atoms with Crippen LogP contribution in [0.25, 0.3) is 0 Å². The number of hydrogen-bond acceptors (Lipinski definition) is 3. The van der Waals surface area contributed by atoms with E-state index in [0.29, 0.717) is 18.0 Å². The molecule has 5 nitrogen and oxygen atoms in total. The van der Waals surface area contributed by atoms with E-state index in [2.05, 4.69) is 10.6 Å². The van der Waals surface area contributed by atoms with E-state index in [1.54, 1.807) is 19.1 Å². The van der Waals surface area contributed by atoms with Gasteiger partial charge in [-0.05, 0) is 38.3 Å². The quantitative estimate of drug-likeness (QED) is 0.725. The molecule has 1 rings (SSSR count). The van der Waals surface area contributed by atoms with Crippen molar-refractivity contribution in [2.24, 2.45) is 5.92 Å². The highest BCUT2D eigenvalue weighted by molar-refractivity contribution is 6.39. The highest BCUT2D eigenvalue weighted by atomic mass is 16.3. The fourth-order valence-corrected chi connectivity index (χ4v) is 2.13. The van der Waals surface area contributed by atoms with Gasteiger partial charge in [0.15, 0.2) is 0 Å². The van der Waals surface area contributed by atoms with Gasteiger partial charge in [-0.3, -0.25) is 9.59 Å². The molecule has 0 fully saturated rings. The summed E-state index contributed by atoms with van der Waals surface area (Å²) in [6.45, 7) is 7.60. The minimum absolute atomic E-state index is 0.0470. The number of hydrogen-bond donors (Lipinski definition) is 3. The first kappa shape index (κ1) is 17.2. The van der Waals surface area contributed by atoms with Crippen molar-refractivity contribution in [3.63, 3.8) is 0 Å². The van der Waals surface area contributed by atoms with Crippen molar-refractivity contribution in [1.82, 2.24) is 5.32 Å². The van der Waals surface area contributed by atoms with E-state index in [1.807, 2.05) is 32.9 Å². The van der Waals surface area contributed by atoms with Crippen molar-refractivity contribution < 1.29 is 14.7 Å². The number of carbonyl (C=O) groups is 2. The molecule has 1 aromatic rings. The van der Waals surface area contributed by atoms with Crippen LogP contribution in [0.4, 0.5) is 5.69 Å². The molecular weight excluding hydrogens is 268 g/mol. The smallest absolute Gasteiger partial charge is 0.313 e. The van der Waals surface area contributed by atoms with Gasteiger partial charge < -0.3 is 15.7 Å². The normalized spacial score (nSPS) is 13.6. The number of benzene rings is 1. The highest BCUT2D eigenvalue weighted by Gasteiger charge is 2.24. The van der Waals surface area contributed by atoms with Crippen molar-refractivity contribution in [3.05, 3.63) is 29.8 Å². The Balaban J connectivity index is 2.48. The van der Waals surface area contributed by atoms with E-state index in [9.17, 15) is 14.7 Å². The monoisotopic (exact) mass is 292 g/mol. The molecule has 0 spiro atoms. The van der Waals surface area contributed by atoms with Gasteiger partial charge in [-0.15, -0.1) is 0 Å². The van der Waals surface area contributed by atoms with Crippen LogP contribution in [0.15, 0.2) is 24.3 Å². The van der Waals surface area contributed by atoms with Gasteiger partial charge >= 0.3 is 11.8 Å². The number of aryl methyl sites for hydroxylation is 1. The molecule has 0 aromatic heterocycles. The number of anilines is 1. The molecule has 0 bridgehead atoms. The summed E-state index contributed by atoms with van der Waals surface area (Å²) >= 11 is 0. The lowest BCUT2D eigenvalue weighted by molar-refractivity contribution is -0.136. The lowest BCUT2D eigenvalue weighted by atomic mass is 9.94. The molecule has 0 saturated heterocycles. The molecule has 1 unspecified atom stereocenters. The molecule has 1 atom stereocenters. The van der Waals surface area contributed by atoms with Crippen LogP contribution in [0.2, 0.25) is 0 Å². The summed E-state index contributed by atoms with van der Waals surface area (Å²) in [6.07, 6.45) is 0.548. The van der Waals surface area contributed by atoms with Crippen LogP contribution in [-0.2, 0) is 9.59 Å². The molecule has 116 valence electrons. The Kier molecular flexibility index (Phi) is 5.90. The lowest BCUT2D eigenvalue weighted by Crippen LogP contribution is -2.45. The Morgan fingerprint density at radius 3 is 2.29 bits per heavy atom. The van der Waals surface area contributed by atoms with E-state index in [0.717, 1.165) is 5.56 Å². The maximum Gasteiger partial charge on any atom is 0.313 e. The van der Waals surface area contributed by atoms with Gasteiger partial charge in [-0.1, -0.05) is 31.5 Å². The first-order valence-corrected chi connectivity index (χ1v) is 7.08. The largest absolute Gasteiger partial charge is 0.388 e. The number of amides is 2. The zero-order valence-corrected chi connectivity index (χ0v) is 13.1. The van der Waals surface area contributed by atoms with E-state index in [-0.39, 0.29) is 6.54 Å². The van der Waals surface area contributed by atoms with Gasteiger partial charge in [-0.2, -0.15) is 0 Å². The molecule has 3 N–H and O–H groups in total. The Bertz CT molecular complexity index is 493. The van der Waals surface area contributed by atoms with Crippen LogP contribution in [0.1, 0.15) is 32.8 Å². The average Bonchev–Trinajstić information content (AvgIpc) is 2.37. The second-order valence-corrected chi connectivity index (χ2v) is 6.10. The zero-order valence-electron chi connectivity index (χ0n) is 13.1. The van der Waals surface area contributed by atoms with Crippen LogP contribution < -0.4 is 10.6 Å². The second-order valence-electron chi connectivity index (χ2n) is 6.10. The number of carbonyl (C=O) groups excluding carboxylic acids is 2. The van der Waals surface area contributed by atoms with E-state index in [4.69, 9.17) is 0 Å². The average molecular weight is 292 g/mol. The minimum Gasteiger partial charge on any atom is -0.388 e. The Hall–Kier alpha value is -1.88. The molecule has 2 amide bonds. The highest BCUT2D eigenvalue weighted by Crippen LogP contribution is 2.15. The molecule has 1 aromatic carbocycles. The lowest BCUT2D eigenvalue weighted by Gasteiger charge is -2.25. The topological polar surface area (TPSA) is 78.4 Å². The van der Waals surface area contributed by atoms with Crippen LogP contribution in [0.5, 0.6) is 0 Å². The van der Waals surface area contributed by atoms with Crippen LogP contribution in [-0.4, -0.2) is 29.1 Å². The van der Waals surface area contributed by atoms with Gasteiger partial charge in [0.1, 0.15) is 0 Å². The minimum atomic E-state index is -1.02. The van der Waals surface area contributed by atoms with Crippen LogP contribution >= 0.6 is 0 Å². The fraction of sp³-hybridized carbons (Fsp3) is 0.500. The predicted molar refractivity (Wildman–Crippen MR) is 82.9 cm³/mol. The molecule has 0 heterocycles. The number of rotatable bonds is 5. The summed E-state index contributed by atoms with van der Waals surface area (Å²) in [7, 11) is 0. The van der Waals surface area contributed by atoms with Gasteiger partial charge in [0.2, 0.25) is 0 Å². The SMILES string of the molecule is Cc1ccc(NC(=O)C(=O)NCC(C)(O)CC(C)C)cc1. The van der Waals surface area contributed by atoms with Crippen LogP contribution in [0, 0.1) is 12.8 Å². The van der Waals surface area contributed by atoms with E-state index >= 15 is 0 Å². The molecule has 0 saturated carbocycles. The Morgan fingerprint density at radius 1 is 1.19 bits per heavy atom. The maximum atomic E-state index is 11.7. The Morgan fingerprint density at radius 2 is 1.76 bits per heavy atom. The summed E-state index contributed by atoms with van der Waals surface area (Å²) in [6, 6.07) is 7.16. The third kappa shape index (κ3) is 6.40. The number of nitrogens with one attached hydrogen (secondary N) is 2. The molecule has 0 aliphatic heterocycles. The van der Waals surface area contributed by atoms with Gasteiger partial charge in [0, 0.05) is 12.2 Å². The van der Waals surface area contributed by atoms with Gasteiger partial charge in [0.25, 0.3) is 0 Å². The molecular formula is C16H24N2O3. The third-order valence-corrected chi connectivity index (χ3v) is 2.99. The summed E-state index contributed by atoms with van der Waals surface area (Å²) in [5.41, 5.74) is 0.616. The summed E-state index contributed by atoms with van der Waals surface area (Å²) in [4.78, 5) is 23.4. The second kappa shape index (κ2) is 7.22. The first-order valence-electron chi connectivity index (χ1n) is 7.08. The summed E-state index contributed by atoms with van der Waals surface area (Å²) < 4.78 is 0. The van der Waals surface area contributed by atoms with E-state index in [1.165, 1.54) is 0 Å².